The van der Waals surface area contributed by atoms with Crippen LogP contribution < -0.4 is 0 Å². The Kier molecular flexibility index (Phi) is 2.64. The maximum Gasteiger partial charge on any atom is 0.313 e. The van der Waals surface area contributed by atoms with Crippen LogP contribution in [0.1, 0.15) is 19.8 Å². The lowest BCUT2D eigenvalue weighted by Crippen LogP contribution is -2.11. The second-order valence-electron chi connectivity index (χ2n) is 4.11. The minimum absolute atomic E-state index is 0.00289. The zero-order valence-electron chi connectivity index (χ0n) is 8.38. The SMILES string of the molecule is CC1(Cn2nnnc2SCC(=O)O)CC1. The van der Waals surface area contributed by atoms with Crippen LogP contribution >= 0.6 is 11.8 Å². The number of aromatic nitrogens is 4. The van der Waals surface area contributed by atoms with Gasteiger partial charge in [-0.1, -0.05) is 18.7 Å². The lowest BCUT2D eigenvalue weighted by Gasteiger charge is -2.08. The molecule has 0 atom stereocenters. The van der Waals surface area contributed by atoms with Crippen LogP contribution in [0.5, 0.6) is 0 Å². The Hall–Kier alpha value is -1.11. The highest BCUT2D eigenvalue weighted by Gasteiger charge is 2.38. The predicted molar refractivity (Wildman–Crippen MR) is 53.5 cm³/mol. The molecule has 0 radical (unpaired) electrons. The highest BCUT2D eigenvalue weighted by Crippen LogP contribution is 2.46. The summed E-state index contributed by atoms with van der Waals surface area (Å²) in [6, 6.07) is 0. The minimum Gasteiger partial charge on any atom is -0.481 e. The van der Waals surface area contributed by atoms with E-state index in [0.717, 1.165) is 18.3 Å². The number of tetrazole rings is 1. The van der Waals surface area contributed by atoms with Crippen LogP contribution in [0.25, 0.3) is 0 Å². The molecule has 0 aromatic carbocycles. The Morgan fingerprint density at radius 1 is 1.67 bits per heavy atom. The molecule has 82 valence electrons. The molecule has 15 heavy (non-hydrogen) atoms. The molecule has 0 amide bonds. The van der Waals surface area contributed by atoms with Crippen molar-refractivity contribution in [2.45, 2.75) is 31.5 Å². The molecule has 1 fully saturated rings. The van der Waals surface area contributed by atoms with Crippen LogP contribution in [0.2, 0.25) is 0 Å². The van der Waals surface area contributed by atoms with E-state index in [-0.39, 0.29) is 5.75 Å². The van der Waals surface area contributed by atoms with Gasteiger partial charge in [0.15, 0.2) is 0 Å². The van der Waals surface area contributed by atoms with Crippen LogP contribution in [0.3, 0.4) is 0 Å². The van der Waals surface area contributed by atoms with Gasteiger partial charge in [-0.05, 0) is 28.7 Å². The zero-order chi connectivity index (χ0) is 10.9. The minimum atomic E-state index is -0.854. The molecular weight excluding hydrogens is 216 g/mol. The van der Waals surface area contributed by atoms with Crippen molar-refractivity contribution in [2.75, 3.05) is 5.75 Å². The second kappa shape index (κ2) is 3.80. The van der Waals surface area contributed by atoms with Gasteiger partial charge < -0.3 is 5.11 Å². The zero-order valence-corrected chi connectivity index (χ0v) is 9.20. The van der Waals surface area contributed by atoms with E-state index in [4.69, 9.17) is 5.11 Å². The smallest absolute Gasteiger partial charge is 0.313 e. The first kappa shape index (κ1) is 10.4. The van der Waals surface area contributed by atoms with Gasteiger partial charge in [-0.25, -0.2) is 4.68 Å². The van der Waals surface area contributed by atoms with Crippen molar-refractivity contribution in [3.05, 3.63) is 0 Å². The summed E-state index contributed by atoms with van der Waals surface area (Å²) < 4.78 is 1.70. The van der Waals surface area contributed by atoms with Crippen LogP contribution in [-0.4, -0.2) is 37.0 Å². The molecule has 0 saturated heterocycles. The highest BCUT2D eigenvalue weighted by atomic mass is 32.2. The van der Waals surface area contributed by atoms with Gasteiger partial charge in [-0.2, -0.15) is 0 Å². The monoisotopic (exact) mass is 228 g/mol. The summed E-state index contributed by atoms with van der Waals surface area (Å²) >= 11 is 1.16. The van der Waals surface area contributed by atoms with Gasteiger partial charge >= 0.3 is 5.97 Å². The van der Waals surface area contributed by atoms with E-state index in [9.17, 15) is 4.79 Å². The fraction of sp³-hybridized carbons (Fsp3) is 0.750. The van der Waals surface area contributed by atoms with E-state index in [0.29, 0.717) is 10.6 Å². The third-order valence-corrected chi connectivity index (χ3v) is 3.40. The lowest BCUT2D eigenvalue weighted by molar-refractivity contribution is -0.133. The summed E-state index contributed by atoms with van der Waals surface area (Å²) in [5.74, 6) is -0.857. The lowest BCUT2D eigenvalue weighted by atomic mass is 10.1. The van der Waals surface area contributed by atoms with E-state index >= 15 is 0 Å². The number of rotatable bonds is 5. The summed E-state index contributed by atoms with van der Waals surface area (Å²) in [7, 11) is 0. The Morgan fingerprint density at radius 2 is 2.40 bits per heavy atom. The number of nitrogens with zero attached hydrogens (tertiary/aromatic N) is 4. The third-order valence-electron chi connectivity index (χ3n) is 2.46. The molecule has 1 aromatic rings. The number of carboxylic acid groups (broad SMARTS) is 1. The van der Waals surface area contributed by atoms with Crippen molar-refractivity contribution in [3.63, 3.8) is 0 Å². The van der Waals surface area contributed by atoms with Gasteiger partial charge in [0.05, 0.1) is 12.3 Å². The normalized spacial score (nSPS) is 17.7. The fourth-order valence-corrected chi connectivity index (χ4v) is 1.86. The van der Waals surface area contributed by atoms with Crippen LogP contribution in [0.4, 0.5) is 0 Å². The van der Waals surface area contributed by atoms with Crippen molar-refractivity contribution >= 4 is 17.7 Å². The molecular formula is C8H12N4O2S. The summed E-state index contributed by atoms with van der Waals surface area (Å²) in [4.78, 5) is 10.4. The molecule has 7 heteroatoms. The number of carboxylic acids is 1. The summed E-state index contributed by atoms with van der Waals surface area (Å²) in [5.41, 5.74) is 0.313. The molecule has 0 bridgehead atoms. The molecule has 0 spiro atoms. The maximum absolute atomic E-state index is 10.4. The van der Waals surface area contributed by atoms with Gasteiger partial charge in [0.25, 0.3) is 0 Å². The first-order valence-corrected chi connectivity index (χ1v) is 5.68. The number of carbonyl (C=O) groups is 1. The molecule has 1 aromatic heterocycles. The quantitative estimate of drug-likeness (QED) is 0.745. The van der Waals surface area contributed by atoms with Gasteiger partial charge in [0, 0.05) is 0 Å². The predicted octanol–water partition coefficient (Wildman–Crippen LogP) is 0.650. The third kappa shape index (κ3) is 2.68. The maximum atomic E-state index is 10.4. The molecule has 1 heterocycles. The van der Waals surface area contributed by atoms with Gasteiger partial charge in [-0.3, -0.25) is 4.79 Å². The van der Waals surface area contributed by atoms with Crippen LogP contribution in [-0.2, 0) is 11.3 Å². The van der Waals surface area contributed by atoms with Crippen LogP contribution in [0.15, 0.2) is 5.16 Å². The van der Waals surface area contributed by atoms with E-state index in [1.54, 1.807) is 4.68 Å². The first-order valence-electron chi connectivity index (χ1n) is 4.70. The van der Waals surface area contributed by atoms with Crippen molar-refractivity contribution in [3.8, 4) is 0 Å². The van der Waals surface area contributed by atoms with Crippen molar-refractivity contribution in [1.82, 2.24) is 20.2 Å². The standard InChI is InChI=1S/C8H12N4O2S/c1-8(2-3-8)5-12-7(9-10-11-12)15-4-6(13)14/h2-5H2,1H3,(H,13,14). The summed E-state index contributed by atoms with van der Waals surface area (Å²) in [6.07, 6.45) is 2.38. The Balaban J connectivity index is 1.98. The Morgan fingerprint density at radius 3 is 3.00 bits per heavy atom. The van der Waals surface area contributed by atoms with E-state index in [2.05, 4.69) is 22.4 Å². The number of hydrogen-bond donors (Lipinski definition) is 1. The van der Waals surface area contributed by atoms with Crippen molar-refractivity contribution < 1.29 is 9.90 Å². The molecule has 6 nitrogen and oxygen atoms in total. The van der Waals surface area contributed by atoms with Crippen LogP contribution in [0, 0.1) is 5.41 Å². The molecule has 1 saturated carbocycles. The topological polar surface area (TPSA) is 80.9 Å². The molecule has 0 unspecified atom stereocenters. The second-order valence-corrected chi connectivity index (χ2v) is 5.05. The average Bonchev–Trinajstić information content (AvgIpc) is 2.74. The Labute approximate surface area is 91.0 Å². The summed E-state index contributed by atoms with van der Waals surface area (Å²) in [5, 5.41) is 20.4. The molecule has 1 aliphatic rings. The molecule has 2 rings (SSSR count). The van der Waals surface area contributed by atoms with Crippen molar-refractivity contribution in [2.24, 2.45) is 5.41 Å². The fourth-order valence-electron chi connectivity index (χ4n) is 1.26. The van der Waals surface area contributed by atoms with Gasteiger partial charge in [-0.15, -0.1) is 5.10 Å². The molecule has 0 aliphatic heterocycles. The van der Waals surface area contributed by atoms with Gasteiger partial charge in [0.1, 0.15) is 0 Å². The number of thioether (sulfide) groups is 1. The van der Waals surface area contributed by atoms with Gasteiger partial charge in [0.2, 0.25) is 5.16 Å². The molecule has 1 N–H and O–H groups in total. The molecule has 1 aliphatic carbocycles. The van der Waals surface area contributed by atoms with E-state index in [1.807, 2.05) is 0 Å². The number of hydrogen-bond acceptors (Lipinski definition) is 5. The largest absolute Gasteiger partial charge is 0.481 e. The van der Waals surface area contributed by atoms with E-state index < -0.39 is 5.97 Å². The van der Waals surface area contributed by atoms with Crippen molar-refractivity contribution in [1.29, 1.82) is 0 Å². The van der Waals surface area contributed by atoms with E-state index in [1.165, 1.54) is 12.8 Å². The highest BCUT2D eigenvalue weighted by molar-refractivity contribution is 7.99. The first-order chi connectivity index (χ1) is 7.09. The summed E-state index contributed by atoms with van der Waals surface area (Å²) in [6.45, 7) is 2.96. The average molecular weight is 228 g/mol. The number of aliphatic carboxylic acids is 1. The Bertz CT molecular complexity index is 374.